The summed E-state index contributed by atoms with van der Waals surface area (Å²) in [5, 5.41) is 8.77. The molecule has 1 aliphatic rings. The molecule has 6 heteroatoms. The molecule has 1 aliphatic heterocycles. The number of carboxylic acid groups (broad SMARTS) is 1. The minimum Gasteiger partial charge on any atom is -0.480 e. The number of carbonyl (C=O) groups is 2. The number of carboxylic acids is 1. The number of likely N-dealkylation sites (tertiary alicyclic amines) is 1. The van der Waals surface area contributed by atoms with E-state index in [4.69, 9.17) is 5.11 Å². The Hall–Kier alpha value is -1.30. The van der Waals surface area contributed by atoms with Crippen molar-refractivity contribution in [3.63, 3.8) is 0 Å². The van der Waals surface area contributed by atoms with Crippen molar-refractivity contribution in [2.24, 2.45) is 0 Å². The summed E-state index contributed by atoms with van der Waals surface area (Å²) >= 11 is 0. The fourth-order valence-electron chi connectivity index (χ4n) is 2.24. The summed E-state index contributed by atoms with van der Waals surface area (Å²) in [7, 11) is 3.84. The standard InChI is InChI=1S/C12H23N3O3/c1-4-15(9-11(16)17)12(18)14(3)10-5-7-13(2)8-6-10/h10H,4-9H2,1-3H3,(H,16,17). The van der Waals surface area contributed by atoms with Gasteiger partial charge in [0, 0.05) is 19.6 Å². The van der Waals surface area contributed by atoms with Crippen molar-refractivity contribution in [2.75, 3.05) is 40.3 Å². The van der Waals surface area contributed by atoms with Crippen LogP contribution in [0.15, 0.2) is 0 Å². The largest absolute Gasteiger partial charge is 0.480 e. The van der Waals surface area contributed by atoms with Gasteiger partial charge in [0.1, 0.15) is 6.54 Å². The van der Waals surface area contributed by atoms with E-state index in [0.717, 1.165) is 25.9 Å². The van der Waals surface area contributed by atoms with Gasteiger partial charge in [-0.3, -0.25) is 4.79 Å². The number of hydrogen-bond donors (Lipinski definition) is 1. The number of urea groups is 1. The van der Waals surface area contributed by atoms with E-state index in [9.17, 15) is 9.59 Å². The molecule has 104 valence electrons. The summed E-state index contributed by atoms with van der Waals surface area (Å²) in [4.78, 5) is 28.2. The van der Waals surface area contributed by atoms with Crippen molar-refractivity contribution in [1.29, 1.82) is 0 Å². The normalized spacial score (nSPS) is 17.5. The van der Waals surface area contributed by atoms with E-state index >= 15 is 0 Å². The summed E-state index contributed by atoms with van der Waals surface area (Å²) < 4.78 is 0. The summed E-state index contributed by atoms with van der Waals surface area (Å²) in [5.74, 6) is -0.970. The van der Waals surface area contributed by atoms with E-state index in [0.29, 0.717) is 6.54 Å². The lowest BCUT2D eigenvalue weighted by atomic mass is 10.0. The number of nitrogens with zero attached hydrogens (tertiary/aromatic N) is 3. The maximum Gasteiger partial charge on any atom is 0.323 e. The Morgan fingerprint density at radius 2 is 1.89 bits per heavy atom. The molecule has 0 radical (unpaired) electrons. The SMILES string of the molecule is CCN(CC(=O)O)C(=O)N(C)C1CCN(C)CC1. The minimum atomic E-state index is -0.970. The number of hydrogen-bond acceptors (Lipinski definition) is 3. The van der Waals surface area contributed by atoms with Crippen LogP contribution in [0.1, 0.15) is 19.8 Å². The number of amides is 2. The third-order valence-corrected chi connectivity index (χ3v) is 3.52. The Morgan fingerprint density at radius 1 is 1.33 bits per heavy atom. The first-order valence-electron chi connectivity index (χ1n) is 6.37. The lowest BCUT2D eigenvalue weighted by Gasteiger charge is -2.37. The Morgan fingerprint density at radius 3 is 2.33 bits per heavy atom. The first kappa shape index (κ1) is 14.8. The number of carbonyl (C=O) groups excluding carboxylic acids is 1. The second kappa shape index (κ2) is 6.58. The second-order valence-electron chi connectivity index (χ2n) is 4.84. The van der Waals surface area contributed by atoms with Crippen molar-refractivity contribution in [2.45, 2.75) is 25.8 Å². The van der Waals surface area contributed by atoms with E-state index in [2.05, 4.69) is 11.9 Å². The number of likely N-dealkylation sites (N-methyl/N-ethyl adjacent to an activating group) is 1. The molecule has 1 rings (SSSR count). The highest BCUT2D eigenvalue weighted by molar-refractivity contribution is 5.80. The van der Waals surface area contributed by atoms with Gasteiger partial charge in [-0.2, -0.15) is 0 Å². The van der Waals surface area contributed by atoms with Gasteiger partial charge in [0.05, 0.1) is 0 Å². The molecule has 0 saturated carbocycles. The molecular formula is C12H23N3O3. The third-order valence-electron chi connectivity index (χ3n) is 3.52. The zero-order valence-electron chi connectivity index (χ0n) is 11.4. The first-order chi connectivity index (χ1) is 8.45. The number of aliphatic carboxylic acids is 1. The van der Waals surface area contributed by atoms with Crippen molar-refractivity contribution in [1.82, 2.24) is 14.7 Å². The molecule has 0 aromatic carbocycles. The van der Waals surface area contributed by atoms with Crippen LogP contribution in [-0.2, 0) is 4.79 Å². The van der Waals surface area contributed by atoms with Crippen LogP contribution >= 0.6 is 0 Å². The molecule has 0 aliphatic carbocycles. The maximum atomic E-state index is 12.2. The highest BCUT2D eigenvalue weighted by atomic mass is 16.4. The molecule has 1 fully saturated rings. The summed E-state index contributed by atoms with van der Waals surface area (Å²) in [5.41, 5.74) is 0. The Balaban J connectivity index is 2.56. The topological polar surface area (TPSA) is 64.1 Å². The quantitative estimate of drug-likeness (QED) is 0.798. The molecule has 2 amide bonds. The fraction of sp³-hybridized carbons (Fsp3) is 0.833. The van der Waals surface area contributed by atoms with Gasteiger partial charge < -0.3 is 19.8 Å². The fourth-order valence-corrected chi connectivity index (χ4v) is 2.24. The Bertz CT molecular complexity index is 301. The zero-order chi connectivity index (χ0) is 13.7. The van der Waals surface area contributed by atoms with Crippen molar-refractivity contribution >= 4 is 12.0 Å². The smallest absolute Gasteiger partial charge is 0.323 e. The van der Waals surface area contributed by atoms with Crippen molar-refractivity contribution < 1.29 is 14.7 Å². The van der Waals surface area contributed by atoms with E-state index in [1.807, 2.05) is 0 Å². The van der Waals surface area contributed by atoms with Gasteiger partial charge in [-0.15, -0.1) is 0 Å². The highest BCUT2D eigenvalue weighted by Crippen LogP contribution is 2.15. The highest BCUT2D eigenvalue weighted by Gasteiger charge is 2.27. The molecule has 1 N–H and O–H groups in total. The van der Waals surface area contributed by atoms with Gasteiger partial charge in [0.2, 0.25) is 0 Å². The monoisotopic (exact) mass is 257 g/mol. The number of piperidine rings is 1. The average Bonchev–Trinajstić information content (AvgIpc) is 2.35. The van der Waals surface area contributed by atoms with Crippen LogP contribution < -0.4 is 0 Å². The van der Waals surface area contributed by atoms with Crippen LogP contribution in [0.3, 0.4) is 0 Å². The van der Waals surface area contributed by atoms with Crippen LogP contribution in [0, 0.1) is 0 Å². The van der Waals surface area contributed by atoms with Gasteiger partial charge in [-0.05, 0) is 39.9 Å². The van der Waals surface area contributed by atoms with Gasteiger partial charge >= 0.3 is 12.0 Å². The van der Waals surface area contributed by atoms with E-state index < -0.39 is 5.97 Å². The minimum absolute atomic E-state index is 0.186. The lowest BCUT2D eigenvalue weighted by molar-refractivity contribution is -0.137. The summed E-state index contributed by atoms with van der Waals surface area (Å²) in [6.07, 6.45) is 1.90. The van der Waals surface area contributed by atoms with Crippen LogP contribution in [-0.4, -0.2) is 78.1 Å². The van der Waals surface area contributed by atoms with Crippen molar-refractivity contribution in [3.05, 3.63) is 0 Å². The molecule has 1 heterocycles. The van der Waals surface area contributed by atoms with Gasteiger partial charge in [-0.25, -0.2) is 4.79 Å². The molecule has 0 bridgehead atoms. The zero-order valence-corrected chi connectivity index (χ0v) is 11.4. The molecule has 0 spiro atoms. The summed E-state index contributed by atoms with van der Waals surface area (Å²) in [6.45, 7) is 3.94. The third kappa shape index (κ3) is 3.87. The number of rotatable bonds is 4. The Kier molecular flexibility index (Phi) is 5.40. The molecule has 0 unspecified atom stereocenters. The molecule has 1 saturated heterocycles. The van der Waals surface area contributed by atoms with Gasteiger partial charge in [-0.1, -0.05) is 0 Å². The van der Waals surface area contributed by atoms with Crippen LogP contribution in [0.4, 0.5) is 4.79 Å². The molecule has 0 atom stereocenters. The first-order valence-corrected chi connectivity index (χ1v) is 6.37. The van der Waals surface area contributed by atoms with E-state index in [1.165, 1.54) is 4.90 Å². The molecule has 0 aromatic heterocycles. The predicted molar refractivity (Wildman–Crippen MR) is 68.6 cm³/mol. The summed E-state index contributed by atoms with van der Waals surface area (Å²) in [6, 6.07) is 0.0333. The van der Waals surface area contributed by atoms with Gasteiger partial charge in [0.25, 0.3) is 0 Å². The molecule has 6 nitrogen and oxygen atoms in total. The predicted octanol–water partition coefficient (Wildman–Crippen LogP) is 0.539. The Labute approximate surface area is 108 Å². The maximum absolute atomic E-state index is 12.2. The molecule has 0 aromatic rings. The van der Waals surface area contributed by atoms with Crippen LogP contribution in [0.25, 0.3) is 0 Å². The van der Waals surface area contributed by atoms with E-state index in [1.54, 1.807) is 18.9 Å². The second-order valence-corrected chi connectivity index (χ2v) is 4.84. The average molecular weight is 257 g/mol. The van der Waals surface area contributed by atoms with Gasteiger partial charge in [0.15, 0.2) is 0 Å². The molecule has 18 heavy (non-hydrogen) atoms. The van der Waals surface area contributed by atoms with E-state index in [-0.39, 0.29) is 18.6 Å². The molecular weight excluding hydrogens is 234 g/mol. The lowest BCUT2D eigenvalue weighted by Crippen LogP contribution is -2.50. The van der Waals surface area contributed by atoms with Crippen molar-refractivity contribution in [3.8, 4) is 0 Å². The van der Waals surface area contributed by atoms with Crippen LogP contribution in [0.5, 0.6) is 0 Å². The van der Waals surface area contributed by atoms with Crippen LogP contribution in [0.2, 0.25) is 0 Å².